The molecule has 1 heterocycles. The molecule has 0 bridgehead atoms. The van der Waals surface area contributed by atoms with E-state index < -0.39 is 6.10 Å². The van der Waals surface area contributed by atoms with Crippen molar-refractivity contribution in [2.75, 3.05) is 0 Å². The maximum atomic E-state index is 10.1. The lowest BCUT2D eigenvalue weighted by Crippen LogP contribution is -2.06. The smallest absolute Gasteiger partial charge is 0.142 e. The third-order valence-electron chi connectivity index (χ3n) is 2.30. The first kappa shape index (κ1) is 11.6. The zero-order chi connectivity index (χ0) is 11.7. The molecule has 1 aromatic heterocycles. The molecule has 5 heteroatoms. The zero-order valence-electron chi connectivity index (χ0n) is 8.56. The highest BCUT2D eigenvalue weighted by Gasteiger charge is 2.15. The normalized spacial score (nSPS) is 12.8. The highest BCUT2D eigenvalue weighted by molar-refractivity contribution is 9.10. The first-order valence-corrected chi connectivity index (χ1v) is 5.86. The van der Waals surface area contributed by atoms with Gasteiger partial charge in [0.1, 0.15) is 11.9 Å². The SMILES string of the molecule is Cn1ccnc1C(O)c1cc(Cl)cc(Br)c1. The molecule has 84 valence electrons. The fourth-order valence-corrected chi connectivity index (χ4v) is 2.41. The number of rotatable bonds is 2. The van der Waals surface area contributed by atoms with Gasteiger partial charge < -0.3 is 9.67 Å². The molecule has 0 amide bonds. The Kier molecular flexibility index (Phi) is 3.33. The molecule has 0 radical (unpaired) electrons. The van der Waals surface area contributed by atoms with Crippen LogP contribution in [0.2, 0.25) is 5.02 Å². The van der Waals surface area contributed by atoms with E-state index in [0.29, 0.717) is 16.4 Å². The van der Waals surface area contributed by atoms with Crippen molar-refractivity contribution in [1.29, 1.82) is 0 Å². The Morgan fingerprint density at radius 2 is 2.19 bits per heavy atom. The zero-order valence-corrected chi connectivity index (χ0v) is 10.9. The number of benzene rings is 1. The maximum absolute atomic E-state index is 10.1. The number of hydrogen-bond acceptors (Lipinski definition) is 2. The summed E-state index contributed by atoms with van der Waals surface area (Å²) in [5.41, 5.74) is 0.716. The molecule has 0 aliphatic rings. The minimum atomic E-state index is -0.769. The van der Waals surface area contributed by atoms with Crippen molar-refractivity contribution < 1.29 is 5.11 Å². The summed E-state index contributed by atoms with van der Waals surface area (Å²) in [6.45, 7) is 0. The number of aromatic nitrogens is 2. The first-order chi connectivity index (χ1) is 7.58. The molecular formula is C11H10BrClN2O. The van der Waals surface area contributed by atoms with Crippen molar-refractivity contribution in [2.45, 2.75) is 6.10 Å². The van der Waals surface area contributed by atoms with Crippen LogP contribution in [0.15, 0.2) is 35.1 Å². The summed E-state index contributed by atoms with van der Waals surface area (Å²) in [5.74, 6) is 0.592. The van der Waals surface area contributed by atoms with Crippen LogP contribution in [-0.4, -0.2) is 14.7 Å². The number of aryl methyl sites for hydroxylation is 1. The monoisotopic (exact) mass is 300 g/mol. The number of nitrogens with zero attached hydrogens (tertiary/aromatic N) is 2. The summed E-state index contributed by atoms with van der Waals surface area (Å²) in [6, 6.07) is 5.33. The molecule has 0 fully saturated rings. The van der Waals surface area contributed by atoms with Crippen LogP contribution >= 0.6 is 27.5 Å². The number of imidazole rings is 1. The summed E-state index contributed by atoms with van der Waals surface area (Å²) < 4.78 is 2.61. The van der Waals surface area contributed by atoms with E-state index >= 15 is 0 Å². The van der Waals surface area contributed by atoms with E-state index in [4.69, 9.17) is 11.6 Å². The molecule has 1 atom stereocenters. The van der Waals surface area contributed by atoms with Crippen LogP contribution < -0.4 is 0 Å². The van der Waals surface area contributed by atoms with E-state index in [0.717, 1.165) is 4.47 Å². The van der Waals surface area contributed by atoms with Crippen molar-refractivity contribution >= 4 is 27.5 Å². The summed E-state index contributed by atoms with van der Waals surface area (Å²) in [5, 5.41) is 10.7. The molecule has 3 nitrogen and oxygen atoms in total. The van der Waals surface area contributed by atoms with Gasteiger partial charge >= 0.3 is 0 Å². The van der Waals surface area contributed by atoms with Crippen molar-refractivity contribution in [3.05, 3.63) is 51.5 Å². The second kappa shape index (κ2) is 4.57. The van der Waals surface area contributed by atoms with Gasteiger partial charge in [0.25, 0.3) is 0 Å². The summed E-state index contributed by atoms with van der Waals surface area (Å²) in [4.78, 5) is 4.11. The molecule has 2 aromatic rings. The average Bonchev–Trinajstić information content (AvgIpc) is 2.62. The van der Waals surface area contributed by atoms with E-state index in [2.05, 4.69) is 20.9 Å². The van der Waals surface area contributed by atoms with Gasteiger partial charge in [0.2, 0.25) is 0 Å². The minimum Gasteiger partial charge on any atom is -0.380 e. The molecular weight excluding hydrogens is 291 g/mol. The van der Waals surface area contributed by atoms with Gasteiger partial charge in [0, 0.05) is 28.9 Å². The third kappa shape index (κ3) is 2.29. The van der Waals surface area contributed by atoms with Crippen LogP contribution in [0.5, 0.6) is 0 Å². The molecule has 0 saturated carbocycles. The van der Waals surface area contributed by atoms with Crippen LogP contribution in [0.25, 0.3) is 0 Å². The fourth-order valence-electron chi connectivity index (χ4n) is 1.52. The number of hydrogen-bond donors (Lipinski definition) is 1. The van der Waals surface area contributed by atoms with Gasteiger partial charge in [-0.25, -0.2) is 4.98 Å². The van der Waals surface area contributed by atoms with E-state index in [-0.39, 0.29) is 0 Å². The first-order valence-electron chi connectivity index (χ1n) is 4.69. The van der Waals surface area contributed by atoms with Crippen molar-refractivity contribution in [3.8, 4) is 0 Å². The molecule has 2 rings (SSSR count). The highest BCUT2D eigenvalue weighted by atomic mass is 79.9. The van der Waals surface area contributed by atoms with Gasteiger partial charge in [-0.1, -0.05) is 27.5 Å². The van der Waals surface area contributed by atoms with Crippen molar-refractivity contribution in [1.82, 2.24) is 9.55 Å². The second-order valence-electron chi connectivity index (χ2n) is 3.50. The number of aliphatic hydroxyl groups is 1. The quantitative estimate of drug-likeness (QED) is 0.926. The van der Waals surface area contributed by atoms with E-state index in [1.54, 1.807) is 29.1 Å². The number of halogens is 2. The van der Waals surface area contributed by atoms with Crippen LogP contribution in [0.3, 0.4) is 0 Å². The summed E-state index contributed by atoms with van der Waals surface area (Å²) in [7, 11) is 1.84. The maximum Gasteiger partial charge on any atom is 0.142 e. The topological polar surface area (TPSA) is 38.0 Å². The van der Waals surface area contributed by atoms with Crippen LogP contribution in [0.1, 0.15) is 17.5 Å². The third-order valence-corrected chi connectivity index (χ3v) is 2.98. The molecule has 1 aromatic carbocycles. The van der Waals surface area contributed by atoms with Gasteiger partial charge in [0.15, 0.2) is 0 Å². The largest absolute Gasteiger partial charge is 0.380 e. The van der Waals surface area contributed by atoms with E-state index in [1.165, 1.54) is 0 Å². The summed E-state index contributed by atoms with van der Waals surface area (Å²) >= 11 is 9.27. The Morgan fingerprint density at radius 1 is 1.44 bits per heavy atom. The van der Waals surface area contributed by atoms with E-state index in [1.807, 2.05) is 13.1 Å². The second-order valence-corrected chi connectivity index (χ2v) is 4.85. The highest BCUT2D eigenvalue weighted by Crippen LogP contribution is 2.26. The standard InChI is InChI=1S/C11H10BrClN2O/c1-15-3-2-14-11(15)10(16)7-4-8(12)6-9(13)5-7/h2-6,10,16H,1H3. The van der Waals surface area contributed by atoms with Crippen molar-refractivity contribution in [2.24, 2.45) is 7.05 Å². The molecule has 0 saturated heterocycles. The lowest BCUT2D eigenvalue weighted by molar-refractivity contribution is 0.206. The van der Waals surface area contributed by atoms with Gasteiger partial charge in [-0.2, -0.15) is 0 Å². The summed E-state index contributed by atoms with van der Waals surface area (Å²) in [6.07, 6.45) is 2.67. The Labute approximate surface area is 107 Å². The van der Waals surface area contributed by atoms with Gasteiger partial charge in [0.05, 0.1) is 0 Å². The van der Waals surface area contributed by atoms with Gasteiger partial charge in [-0.3, -0.25) is 0 Å². The average molecular weight is 302 g/mol. The molecule has 16 heavy (non-hydrogen) atoms. The predicted molar refractivity (Wildman–Crippen MR) is 66.4 cm³/mol. The fraction of sp³-hybridized carbons (Fsp3) is 0.182. The molecule has 0 spiro atoms. The Bertz CT molecular complexity index is 492. The Morgan fingerprint density at radius 3 is 2.75 bits per heavy atom. The lowest BCUT2D eigenvalue weighted by atomic mass is 10.1. The predicted octanol–water partition coefficient (Wildman–Crippen LogP) is 2.92. The van der Waals surface area contributed by atoms with E-state index in [9.17, 15) is 5.11 Å². The van der Waals surface area contributed by atoms with Crippen LogP contribution in [0, 0.1) is 0 Å². The molecule has 1 unspecified atom stereocenters. The molecule has 0 aliphatic carbocycles. The van der Waals surface area contributed by atoms with Gasteiger partial charge in [-0.15, -0.1) is 0 Å². The lowest BCUT2D eigenvalue weighted by Gasteiger charge is -2.11. The molecule has 1 N–H and O–H groups in total. The van der Waals surface area contributed by atoms with Crippen LogP contribution in [0.4, 0.5) is 0 Å². The Balaban J connectivity index is 2.41. The van der Waals surface area contributed by atoms with Gasteiger partial charge in [-0.05, 0) is 23.8 Å². The Hall–Kier alpha value is -0.840. The van der Waals surface area contributed by atoms with Crippen LogP contribution in [-0.2, 0) is 7.05 Å². The minimum absolute atomic E-state index is 0.581. The molecule has 0 aliphatic heterocycles. The van der Waals surface area contributed by atoms with Crippen molar-refractivity contribution in [3.63, 3.8) is 0 Å². The number of aliphatic hydroxyl groups excluding tert-OH is 1.